The molecule has 0 aromatic carbocycles. The van der Waals surface area contributed by atoms with Crippen LogP contribution >= 0.6 is 0 Å². The number of carboxylic acid groups (broad SMARTS) is 1. The van der Waals surface area contributed by atoms with Gasteiger partial charge >= 0.3 is 5.97 Å². The molecule has 0 saturated heterocycles. The van der Waals surface area contributed by atoms with Gasteiger partial charge in [-0.1, -0.05) is 95.9 Å². The molecule has 0 aromatic heterocycles. The van der Waals surface area contributed by atoms with E-state index in [2.05, 4.69) is 83.1 Å². The molecule has 220 valence electrons. The van der Waals surface area contributed by atoms with E-state index < -0.39 is 5.97 Å². The smallest absolute Gasteiger partial charge is 0.309 e. The van der Waals surface area contributed by atoms with E-state index in [1.54, 1.807) is 0 Å². The second-order valence-corrected chi connectivity index (χ2v) is 16.4. The Kier molecular flexibility index (Phi) is 12.8. The average Bonchev–Trinajstić information content (AvgIpc) is 3.61. The Morgan fingerprint density at radius 3 is 1.38 bits per heavy atom. The summed E-state index contributed by atoms with van der Waals surface area (Å²) in [4.78, 5) is 10.6. The lowest BCUT2D eigenvalue weighted by atomic mass is 9.86. The summed E-state index contributed by atoms with van der Waals surface area (Å²) in [5.74, 6) is 1.75. The maximum absolute atomic E-state index is 10.6. The monoisotopic (exact) mass is 521 g/mol. The molecule has 0 atom stereocenters. The molecule has 0 heterocycles. The average molecular weight is 521 g/mol. The molecule has 2 nitrogen and oxygen atoms in total. The SMILES string of the molecule is CC(C)(C)CCC1(C)CC1.CC(C)CC1(C(=O)O)CC1.CCC1(C(C)C)CC1.CCC1(CC(C)C)CC1. The van der Waals surface area contributed by atoms with Crippen molar-refractivity contribution < 1.29 is 9.90 Å². The van der Waals surface area contributed by atoms with Crippen LogP contribution in [0.15, 0.2) is 0 Å². The Bertz CT molecular complexity index is 657. The van der Waals surface area contributed by atoms with Crippen molar-refractivity contribution in [3.63, 3.8) is 0 Å². The van der Waals surface area contributed by atoms with Gasteiger partial charge in [0.05, 0.1) is 5.41 Å². The lowest BCUT2D eigenvalue weighted by Crippen LogP contribution is -2.16. The van der Waals surface area contributed by atoms with Crippen LogP contribution in [0.1, 0.15) is 173 Å². The zero-order valence-electron chi connectivity index (χ0n) is 27.5. The highest BCUT2D eigenvalue weighted by Gasteiger charge is 2.50. The van der Waals surface area contributed by atoms with Gasteiger partial charge in [-0.15, -0.1) is 0 Å². The van der Waals surface area contributed by atoms with Gasteiger partial charge < -0.3 is 5.11 Å². The van der Waals surface area contributed by atoms with Crippen LogP contribution in [-0.4, -0.2) is 11.1 Å². The summed E-state index contributed by atoms with van der Waals surface area (Å²) in [5, 5.41) is 8.75. The summed E-state index contributed by atoms with van der Waals surface area (Å²) in [5.41, 5.74) is 2.60. The molecule has 1 N–H and O–H groups in total. The third-order valence-corrected chi connectivity index (χ3v) is 10.1. The minimum atomic E-state index is -0.596. The van der Waals surface area contributed by atoms with Gasteiger partial charge in [-0.25, -0.2) is 0 Å². The first-order valence-corrected chi connectivity index (χ1v) is 16.1. The highest BCUT2D eigenvalue weighted by molar-refractivity contribution is 5.77. The van der Waals surface area contributed by atoms with Crippen molar-refractivity contribution in [2.75, 3.05) is 0 Å². The van der Waals surface area contributed by atoms with E-state index in [0.29, 0.717) is 11.3 Å². The van der Waals surface area contributed by atoms with E-state index in [1.807, 2.05) is 0 Å². The molecule has 37 heavy (non-hydrogen) atoms. The molecule has 4 fully saturated rings. The molecule has 4 saturated carbocycles. The fourth-order valence-corrected chi connectivity index (χ4v) is 5.82. The van der Waals surface area contributed by atoms with E-state index in [1.165, 1.54) is 70.6 Å². The lowest BCUT2D eigenvalue weighted by Gasteiger charge is -2.20. The molecule has 0 spiro atoms. The zero-order chi connectivity index (χ0) is 28.7. The van der Waals surface area contributed by atoms with Crippen LogP contribution in [0.25, 0.3) is 0 Å². The molecular weight excluding hydrogens is 452 g/mol. The summed E-state index contributed by atoms with van der Waals surface area (Å²) in [6, 6.07) is 0. The Morgan fingerprint density at radius 1 is 0.757 bits per heavy atom. The third kappa shape index (κ3) is 13.4. The molecule has 0 radical (unpaired) electrons. The number of aliphatic carboxylic acids is 1. The van der Waals surface area contributed by atoms with Crippen LogP contribution in [0.4, 0.5) is 0 Å². The zero-order valence-corrected chi connectivity index (χ0v) is 27.5. The van der Waals surface area contributed by atoms with Crippen molar-refractivity contribution >= 4 is 5.97 Å². The highest BCUT2D eigenvalue weighted by atomic mass is 16.4. The second kappa shape index (κ2) is 13.7. The summed E-state index contributed by atoms with van der Waals surface area (Å²) >= 11 is 0. The summed E-state index contributed by atoms with van der Waals surface area (Å²) in [7, 11) is 0. The third-order valence-electron chi connectivity index (χ3n) is 10.1. The van der Waals surface area contributed by atoms with Gasteiger partial charge in [0.2, 0.25) is 0 Å². The predicted octanol–water partition coefficient (Wildman–Crippen LogP) is 11.6. The Labute approximate surface area is 233 Å². The van der Waals surface area contributed by atoms with Gasteiger partial charge in [0.1, 0.15) is 0 Å². The van der Waals surface area contributed by atoms with Crippen molar-refractivity contribution in [3.05, 3.63) is 0 Å². The summed E-state index contributed by atoms with van der Waals surface area (Å²) < 4.78 is 0. The molecular formula is C35H68O2. The van der Waals surface area contributed by atoms with Crippen molar-refractivity contribution in [3.8, 4) is 0 Å². The van der Waals surface area contributed by atoms with Gasteiger partial charge in [-0.3, -0.25) is 4.79 Å². The lowest BCUT2D eigenvalue weighted by molar-refractivity contribution is -0.144. The van der Waals surface area contributed by atoms with Crippen LogP contribution in [-0.2, 0) is 4.79 Å². The fourth-order valence-electron chi connectivity index (χ4n) is 5.82. The van der Waals surface area contributed by atoms with Crippen LogP contribution in [0, 0.1) is 44.8 Å². The standard InChI is InChI=1S/C10H20.C9H18.C8H14O2.C8H16/c1-9(2,3)5-6-10(4)7-8-10;1-4-9(5-6-9)7-8(2)3;1-6(2)5-8(3-4-8)7(9)10;1-4-8(5-6-8)7(2)3/h5-8H2,1-4H3;8H,4-7H2,1-3H3;6H,3-5H2,1-2H3,(H,9,10);7H,4-6H2,1-3H3. The Balaban J connectivity index is 0.000000248. The van der Waals surface area contributed by atoms with Crippen molar-refractivity contribution in [2.45, 2.75) is 173 Å². The normalized spacial score (nSPS) is 22.6. The maximum atomic E-state index is 10.6. The largest absolute Gasteiger partial charge is 0.481 e. The maximum Gasteiger partial charge on any atom is 0.309 e. The van der Waals surface area contributed by atoms with Gasteiger partial charge in [0.25, 0.3) is 0 Å². The predicted molar refractivity (Wildman–Crippen MR) is 163 cm³/mol. The van der Waals surface area contributed by atoms with Gasteiger partial charge in [-0.05, 0) is 116 Å². The van der Waals surface area contributed by atoms with Gasteiger partial charge in [-0.2, -0.15) is 0 Å². The van der Waals surface area contributed by atoms with Crippen LogP contribution in [0.3, 0.4) is 0 Å². The molecule has 4 rings (SSSR count). The number of carboxylic acids is 1. The van der Waals surface area contributed by atoms with Crippen LogP contribution in [0.5, 0.6) is 0 Å². The molecule has 4 aliphatic rings. The number of carbonyl (C=O) groups is 1. The first-order chi connectivity index (χ1) is 16.9. The van der Waals surface area contributed by atoms with E-state index in [4.69, 9.17) is 5.11 Å². The fraction of sp³-hybridized carbons (Fsp3) is 0.971. The quantitative estimate of drug-likeness (QED) is 0.311. The number of hydrogen-bond acceptors (Lipinski definition) is 1. The Hall–Kier alpha value is -0.530. The summed E-state index contributed by atoms with van der Waals surface area (Å²) in [6.07, 6.45) is 18.7. The molecule has 0 aromatic rings. The van der Waals surface area contributed by atoms with E-state index in [9.17, 15) is 4.79 Å². The highest BCUT2D eigenvalue weighted by Crippen LogP contribution is 2.54. The molecule has 0 amide bonds. The molecule has 4 aliphatic carbocycles. The van der Waals surface area contributed by atoms with Crippen LogP contribution < -0.4 is 0 Å². The Morgan fingerprint density at radius 2 is 1.24 bits per heavy atom. The minimum Gasteiger partial charge on any atom is -0.481 e. The summed E-state index contributed by atoms with van der Waals surface area (Å²) in [6.45, 7) is 27.5. The number of hydrogen-bond donors (Lipinski definition) is 1. The topological polar surface area (TPSA) is 37.3 Å². The molecule has 2 heteroatoms. The van der Waals surface area contributed by atoms with E-state index in [-0.39, 0.29) is 5.41 Å². The molecule has 0 bridgehead atoms. The minimum absolute atomic E-state index is 0.311. The first kappa shape index (κ1) is 34.5. The molecule has 0 aliphatic heterocycles. The van der Waals surface area contributed by atoms with Crippen molar-refractivity contribution in [1.82, 2.24) is 0 Å². The second-order valence-electron chi connectivity index (χ2n) is 16.4. The van der Waals surface area contributed by atoms with Gasteiger partial charge in [0, 0.05) is 0 Å². The van der Waals surface area contributed by atoms with Crippen molar-refractivity contribution in [2.24, 2.45) is 44.8 Å². The number of rotatable bonds is 10. The van der Waals surface area contributed by atoms with Gasteiger partial charge in [0.15, 0.2) is 0 Å². The van der Waals surface area contributed by atoms with E-state index in [0.717, 1.165) is 47.3 Å². The van der Waals surface area contributed by atoms with Crippen molar-refractivity contribution in [1.29, 1.82) is 0 Å². The van der Waals surface area contributed by atoms with E-state index >= 15 is 0 Å². The first-order valence-electron chi connectivity index (χ1n) is 16.1. The molecule has 0 unspecified atom stereocenters. The van der Waals surface area contributed by atoms with Crippen LogP contribution in [0.2, 0.25) is 0 Å².